The standard InChI is InChI=1S/C25H23FN2O4/c1-15(2)32-25(31)27-13-21-20-12-18(26)10-11-22(20)28(23(21)24(29)30)14-17-8-5-7-16-6-3-4-9-19(16)17/h3-12,15H,13-14H2,1-2H3,(H,27,31)(H,29,30). The van der Waals surface area contributed by atoms with Crippen LogP contribution in [0.25, 0.3) is 21.7 Å². The number of halogens is 1. The van der Waals surface area contributed by atoms with Crippen molar-refractivity contribution in [2.45, 2.75) is 33.0 Å². The van der Waals surface area contributed by atoms with Crippen LogP contribution in [0.5, 0.6) is 0 Å². The summed E-state index contributed by atoms with van der Waals surface area (Å²) in [7, 11) is 0. The Kier molecular flexibility index (Phi) is 5.81. The molecular formula is C25H23FN2O4. The molecule has 0 saturated heterocycles. The summed E-state index contributed by atoms with van der Waals surface area (Å²) in [5.74, 6) is -1.64. The maximum atomic E-state index is 14.1. The minimum absolute atomic E-state index is 0.00313. The predicted molar refractivity (Wildman–Crippen MR) is 120 cm³/mol. The van der Waals surface area contributed by atoms with Crippen LogP contribution in [0.15, 0.2) is 60.7 Å². The third-order valence-electron chi connectivity index (χ3n) is 5.29. The van der Waals surface area contributed by atoms with Crippen molar-refractivity contribution in [2.75, 3.05) is 0 Å². The minimum Gasteiger partial charge on any atom is -0.477 e. The summed E-state index contributed by atoms with van der Waals surface area (Å²) >= 11 is 0. The van der Waals surface area contributed by atoms with Crippen molar-refractivity contribution in [3.05, 3.63) is 83.3 Å². The molecule has 0 atom stereocenters. The Morgan fingerprint density at radius 3 is 2.56 bits per heavy atom. The van der Waals surface area contributed by atoms with Crippen molar-refractivity contribution in [3.63, 3.8) is 0 Å². The molecule has 4 aromatic rings. The molecule has 6 nitrogen and oxygen atoms in total. The number of rotatable bonds is 6. The van der Waals surface area contributed by atoms with E-state index in [4.69, 9.17) is 4.74 Å². The summed E-state index contributed by atoms with van der Waals surface area (Å²) in [6, 6.07) is 17.9. The number of carboxylic acid groups (broad SMARTS) is 1. The van der Waals surface area contributed by atoms with Gasteiger partial charge in [0, 0.05) is 29.6 Å². The normalized spacial score (nSPS) is 11.2. The summed E-state index contributed by atoms with van der Waals surface area (Å²) in [6.45, 7) is 3.61. The Labute approximate surface area is 184 Å². The zero-order chi connectivity index (χ0) is 22.8. The maximum absolute atomic E-state index is 14.1. The molecule has 0 aliphatic heterocycles. The molecule has 0 bridgehead atoms. The molecular weight excluding hydrogens is 411 g/mol. The predicted octanol–water partition coefficient (Wildman–Crippen LogP) is 5.31. The lowest BCUT2D eigenvalue weighted by atomic mass is 10.0. The highest BCUT2D eigenvalue weighted by Gasteiger charge is 2.24. The molecule has 0 fully saturated rings. The number of nitrogens with one attached hydrogen (secondary N) is 1. The SMILES string of the molecule is CC(C)OC(=O)NCc1c(C(=O)O)n(Cc2cccc3ccccc23)c2ccc(F)cc12. The molecule has 2 N–H and O–H groups in total. The van der Waals surface area contributed by atoms with Crippen LogP contribution in [-0.4, -0.2) is 27.8 Å². The summed E-state index contributed by atoms with van der Waals surface area (Å²) < 4.78 is 20.8. The van der Waals surface area contributed by atoms with Gasteiger partial charge in [-0.2, -0.15) is 0 Å². The Balaban J connectivity index is 1.84. The van der Waals surface area contributed by atoms with Crippen LogP contribution < -0.4 is 5.32 Å². The van der Waals surface area contributed by atoms with E-state index in [0.717, 1.165) is 16.3 Å². The molecule has 32 heavy (non-hydrogen) atoms. The number of carbonyl (C=O) groups is 2. The molecule has 1 aromatic heterocycles. The minimum atomic E-state index is -1.16. The molecule has 164 valence electrons. The topological polar surface area (TPSA) is 80.6 Å². The van der Waals surface area contributed by atoms with E-state index in [1.807, 2.05) is 42.5 Å². The number of hydrogen-bond donors (Lipinski definition) is 2. The quantitative estimate of drug-likeness (QED) is 0.431. The Morgan fingerprint density at radius 1 is 1.06 bits per heavy atom. The monoisotopic (exact) mass is 434 g/mol. The fraction of sp³-hybridized carbons (Fsp3) is 0.200. The van der Waals surface area contributed by atoms with Crippen LogP contribution in [0.4, 0.5) is 9.18 Å². The number of aromatic carboxylic acids is 1. The van der Waals surface area contributed by atoms with Gasteiger partial charge < -0.3 is 19.7 Å². The van der Waals surface area contributed by atoms with E-state index in [1.165, 1.54) is 12.1 Å². The van der Waals surface area contributed by atoms with Gasteiger partial charge >= 0.3 is 12.1 Å². The van der Waals surface area contributed by atoms with Gasteiger partial charge in [0.05, 0.1) is 6.10 Å². The van der Waals surface area contributed by atoms with E-state index >= 15 is 0 Å². The van der Waals surface area contributed by atoms with Crippen LogP contribution in [0.3, 0.4) is 0 Å². The van der Waals surface area contributed by atoms with Crippen LogP contribution in [0.2, 0.25) is 0 Å². The summed E-state index contributed by atoms with van der Waals surface area (Å²) in [4.78, 5) is 24.3. The number of carboxylic acids is 1. The summed E-state index contributed by atoms with van der Waals surface area (Å²) in [5, 5.41) is 15.1. The highest BCUT2D eigenvalue weighted by Crippen LogP contribution is 2.30. The fourth-order valence-corrected chi connectivity index (χ4v) is 4.00. The number of nitrogens with zero attached hydrogens (tertiary/aromatic N) is 1. The second kappa shape index (κ2) is 8.70. The molecule has 0 spiro atoms. The van der Waals surface area contributed by atoms with Crippen LogP contribution in [0.1, 0.15) is 35.5 Å². The van der Waals surface area contributed by atoms with Gasteiger partial charge in [-0.05, 0) is 48.4 Å². The van der Waals surface area contributed by atoms with Gasteiger partial charge in [-0.1, -0.05) is 42.5 Å². The second-order valence-electron chi connectivity index (χ2n) is 7.83. The molecule has 0 saturated carbocycles. The molecule has 1 amide bonds. The highest BCUT2D eigenvalue weighted by molar-refractivity contribution is 5.99. The van der Waals surface area contributed by atoms with Gasteiger partial charge in [-0.15, -0.1) is 0 Å². The lowest BCUT2D eigenvalue weighted by Gasteiger charge is -2.12. The van der Waals surface area contributed by atoms with Crippen molar-refractivity contribution in [1.82, 2.24) is 9.88 Å². The van der Waals surface area contributed by atoms with E-state index in [0.29, 0.717) is 16.5 Å². The van der Waals surface area contributed by atoms with Crippen molar-refractivity contribution in [2.24, 2.45) is 0 Å². The molecule has 0 radical (unpaired) electrons. The number of amides is 1. The lowest BCUT2D eigenvalue weighted by Crippen LogP contribution is -2.27. The number of aromatic nitrogens is 1. The van der Waals surface area contributed by atoms with Crippen molar-refractivity contribution in [1.29, 1.82) is 0 Å². The average Bonchev–Trinajstić information content (AvgIpc) is 3.04. The largest absolute Gasteiger partial charge is 0.477 e. The van der Waals surface area contributed by atoms with Crippen LogP contribution in [0, 0.1) is 5.82 Å². The Hall–Kier alpha value is -3.87. The number of alkyl carbamates (subject to hydrolysis) is 1. The first-order chi connectivity index (χ1) is 15.3. The Morgan fingerprint density at radius 2 is 1.81 bits per heavy atom. The first-order valence-electron chi connectivity index (χ1n) is 10.3. The molecule has 0 unspecified atom stereocenters. The zero-order valence-corrected chi connectivity index (χ0v) is 17.8. The lowest BCUT2D eigenvalue weighted by molar-refractivity contribution is 0.0683. The Bertz CT molecular complexity index is 1320. The first-order valence-corrected chi connectivity index (χ1v) is 10.3. The van der Waals surface area contributed by atoms with Crippen LogP contribution in [-0.2, 0) is 17.8 Å². The third-order valence-corrected chi connectivity index (χ3v) is 5.29. The third kappa shape index (κ3) is 4.14. The van der Waals surface area contributed by atoms with E-state index in [2.05, 4.69) is 5.32 Å². The number of ether oxygens (including phenoxy) is 1. The molecule has 0 aliphatic rings. The number of fused-ring (bicyclic) bond motifs is 2. The summed E-state index contributed by atoms with van der Waals surface area (Å²) in [5.41, 5.74) is 1.84. The van der Waals surface area contributed by atoms with Gasteiger partial charge in [-0.25, -0.2) is 14.0 Å². The van der Waals surface area contributed by atoms with Gasteiger partial charge in [0.1, 0.15) is 11.5 Å². The molecule has 0 aliphatic carbocycles. The number of carbonyl (C=O) groups excluding carboxylic acids is 1. The van der Waals surface area contributed by atoms with Crippen molar-refractivity contribution < 1.29 is 23.8 Å². The molecule has 3 aromatic carbocycles. The first kappa shape index (κ1) is 21.4. The van der Waals surface area contributed by atoms with Gasteiger partial charge in [0.2, 0.25) is 0 Å². The van der Waals surface area contributed by atoms with E-state index in [9.17, 15) is 19.1 Å². The van der Waals surface area contributed by atoms with Crippen molar-refractivity contribution >= 4 is 33.7 Å². The molecule has 1 heterocycles. The van der Waals surface area contributed by atoms with E-state index in [1.54, 1.807) is 24.5 Å². The molecule has 7 heteroatoms. The second-order valence-corrected chi connectivity index (χ2v) is 7.83. The van der Waals surface area contributed by atoms with Crippen molar-refractivity contribution in [3.8, 4) is 0 Å². The van der Waals surface area contributed by atoms with Gasteiger partial charge in [0.25, 0.3) is 0 Å². The fourth-order valence-electron chi connectivity index (χ4n) is 4.00. The molecule has 4 rings (SSSR count). The van der Waals surface area contributed by atoms with E-state index in [-0.39, 0.29) is 24.9 Å². The van der Waals surface area contributed by atoms with E-state index < -0.39 is 17.9 Å². The highest BCUT2D eigenvalue weighted by atomic mass is 19.1. The van der Waals surface area contributed by atoms with Gasteiger partial charge in [0.15, 0.2) is 0 Å². The number of hydrogen-bond acceptors (Lipinski definition) is 3. The maximum Gasteiger partial charge on any atom is 0.407 e. The zero-order valence-electron chi connectivity index (χ0n) is 17.8. The smallest absolute Gasteiger partial charge is 0.407 e. The van der Waals surface area contributed by atoms with Gasteiger partial charge in [-0.3, -0.25) is 0 Å². The average molecular weight is 434 g/mol. The number of benzene rings is 3. The van der Waals surface area contributed by atoms with Crippen LogP contribution >= 0.6 is 0 Å². The summed E-state index contributed by atoms with van der Waals surface area (Å²) in [6.07, 6.45) is -0.984.